The van der Waals surface area contributed by atoms with Crippen molar-refractivity contribution in [2.24, 2.45) is 0 Å². The fourth-order valence-corrected chi connectivity index (χ4v) is 2.52. The lowest BCUT2D eigenvalue weighted by Gasteiger charge is -2.16. The molecule has 2 rings (SSSR count). The van der Waals surface area contributed by atoms with Crippen molar-refractivity contribution in [3.8, 4) is 0 Å². The van der Waals surface area contributed by atoms with Gasteiger partial charge in [-0.25, -0.2) is 9.97 Å². The zero-order chi connectivity index (χ0) is 13.7. The van der Waals surface area contributed by atoms with Crippen molar-refractivity contribution in [2.75, 3.05) is 5.32 Å². The zero-order valence-corrected chi connectivity index (χ0v) is 11.3. The predicted molar refractivity (Wildman–Crippen MR) is 74.3 cm³/mol. The molecule has 0 bridgehead atoms. The second-order valence-corrected chi connectivity index (χ2v) is 5.00. The molecule has 1 unspecified atom stereocenters. The van der Waals surface area contributed by atoms with Gasteiger partial charge in [0.1, 0.15) is 12.4 Å². The summed E-state index contributed by atoms with van der Waals surface area (Å²) in [5.74, 6) is 0.414. The lowest BCUT2D eigenvalue weighted by Crippen LogP contribution is -2.11. The molecule has 0 saturated carbocycles. The molecule has 1 N–H and O–H groups in total. The van der Waals surface area contributed by atoms with E-state index in [4.69, 9.17) is 0 Å². The van der Waals surface area contributed by atoms with Gasteiger partial charge in [0.25, 0.3) is 0 Å². The number of nitrogens with zero attached hydrogens (tertiary/aromatic N) is 3. The maximum absolute atomic E-state index is 10.5. The van der Waals surface area contributed by atoms with Crippen molar-refractivity contribution in [1.29, 1.82) is 0 Å². The Bertz CT molecular complexity index is 527. The molecule has 0 radical (unpaired) electrons. The first-order valence-corrected chi connectivity index (χ1v) is 6.85. The quantitative estimate of drug-likeness (QED) is 0.647. The van der Waals surface area contributed by atoms with Crippen LogP contribution in [0.4, 0.5) is 11.6 Å². The van der Waals surface area contributed by atoms with Crippen LogP contribution in [0, 0.1) is 10.1 Å². The van der Waals surface area contributed by atoms with E-state index < -0.39 is 4.92 Å². The Morgan fingerprint density at radius 3 is 2.74 bits per heavy atom. The van der Waals surface area contributed by atoms with Gasteiger partial charge in [-0.15, -0.1) is 11.3 Å². The van der Waals surface area contributed by atoms with Crippen LogP contribution in [0.2, 0.25) is 0 Å². The molecule has 0 saturated heterocycles. The number of thiophene rings is 1. The molecule has 2 aromatic heterocycles. The van der Waals surface area contributed by atoms with Crippen LogP contribution in [0.5, 0.6) is 0 Å². The number of hydrogen-bond donors (Lipinski definition) is 1. The zero-order valence-electron chi connectivity index (χ0n) is 10.4. The summed E-state index contributed by atoms with van der Waals surface area (Å²) in [4.78, 5) is 19.2. The van der Waals surface area contributed by atoms with E-state index >= 15 is 0 Å². The highest BCUT2D eigenvalue weighted by atomic mass is 32.1. The maximum Gasteiger partial charge on any atom is 0.305 e. The standard InChI is InChI=1S/C12H14N4O2S/c1-2-4-10(11-5-3-6-19-11)15-12-13-7-9(8-14-12)16(17)18/h3,5-8,10H,2,4H2,1H3,(H,13,14,15). The highest BCUT2D eigenvalue weighted by molar-refractivity contribution is 7.10. The Kier molecular flexibility index (Phi) is 4.40. The second-order valence-electron chi connectivity index (χ2n) is 4.02. The number of nitro groups is 1. The van der Waals surface area contributed by atoms with E-state index in [0.717, 1.165) is 12.8 Å². The fourth-order valence-electron chi connectivity index (χ4n) is 1.71. The summed E-state index contributed by atoms with van der Waals surface area (Å²) in [6, 6.07) is 4.20. The van der Waals surface area contributed by atoms with E-state index in [1.807, 2.05) is 11.4 Å². The van der Waals surface area contributed by atoms with Gasteiger partial charge in [0, 0.05) is 4.88 Å². The largest absolute Gasteiger partial charge is 0.347 e. The maximum atomic E-state index is 10.5. The third-order valence-corrected chi connectivity index (χ3v) is 3.60. The van der Waals surface area contributed by atoms with E-state index in [1.54, 1.807) is 11.3 Å². The molecule has 0 aliphatic heterocycles. The molecule has 0 aliphatic carbocycles. The first kappa shape index (κ1) is 13.4. The number of rotatable bonds is 6. The minimum atomic E-state index is -0.507. The Morgan fingerprint density at radius 1 is 1.47 bits per heavy atom. The van der Waals surface area contributed by atoms with E-state index in [0.29, 0.717) is 5.95 Å². The summed E-state index contributed by atoms with van der Waals surface area (Å²) in [6.07, 6.45) is 4.42. The van der Waals surface area contributed by atoms with Gasteiger partial charge in [-0.3, -0.25) is 10.1 Å². The number of hydrogen-bond acceptors (Lipinski definition) is 6. The first-order valence-electron chi connectivity index (χ1n) is 5.97. The molecule has 0 amide bonds. The van der Waals surface area contributed by atoms with Crippen molar-refractivity contribution in [3.63, 3.8) is 0 Å². The minimum Gasteiger partial charge on any atom is -0.347 e. The lowest BCUT2D eigenvalue weighted by molar-refractivity contribution is -0.385. The van der Waals surface area contributed by atoms with Crippen molar-refractivity contribution < 1.29 is 4.92 Å². The Balaban J connectivity index is 2.11. The number of anilines is 1. The van der Waals surface area contributed by atoms with Gasteiger partial charge >= 0.3 is 5.69 Å². The molecular weight excluding hydrogens is 264 g/mol. The van der Waals surface area contributed by atoms with Crippen molar-refractivity contribution in [1.82, 2.24) is 9.97 Å². The predicted octanol–water partition coefficient (Wildman–Crippen LogP) is 3.40. The summed E-state index contributed by atoms with van der Waals surface area (Å²) in [5, 5.41) is 15.8. The summed E-state index contributed by atoms with van der Waals surface area (Å²) in [6.45, 7) is 2.11. The van der Waals surface area contributed by atoms with Crippen LogP contribution in [0.25, 0.3) is 0 Å². The highest BCUT2D eigenvalue weighted by Gasteiger charge is 2.14. The lowest BCUT2D eigenvalue weighted by atomic mass is 10.1. The Labute approximate surface area is 114 Å². The molecule has 7 heteroatoms. The van der Waals surface area contributed by atoms with Gasteiger partial charge in [-0.05, 0) is 17.9 Å². The first-order chi connectivity index (χ1) is 9.20. The van der Waals surface area contributed by atoms with Crippen LogP contribution in [0.15, 0.2) is 29.9 Å². The minimum absolute atomic E-state index is 0.103. The van der Waals surface area contributed by atoms with E-state index in [2.05, 4.69) is 28.3 Å². The molecule has 1 atom stereocenters. The Hall–Kier alpha value is -2.02. The third-order valence-electron chi connectivity index (χ3n) is 2.62. The van der Waals surface area contributed by atoms with Gasteiger partial charge in [0.05, 0.1) is 11.0 Å². The van der Waals surface area contributed by atoms with Crippen molar-refractivity contribution in [2.45, 2.75) is 25.8 Å². The van der Waals surface area contributed by atoms with Crippen LogP contribution in [-0.2, 0) is 0 Å². The van der Waals surface area contributed by atoms with Crippen LogP contribution >= 0.6 is 11.3 Å². The van der Waals surface area contributed by atoms with E-state index in [-0.39, 0.29) is 11.7 Å². The van der Waals surface area contributed by atoms with Gasteiger partial charge < -0.3 is 5.32 Å². The van der Waals surface area contributed by atoms with Crippen molar-refractivity contribution >= 4 is 23.0 Å². The van der Waals surface area contributed by atoms with Gasteiger partial charge in [-0.2, -0.15) is 0 Å². The highest BCUT2D eigenvalue weighted by Crippen LogP contribution is 2.26. The van der Waals surface area contributed by atoms with Crippen LogP contribution < -0.4 is 5.32 Å². The topological polar surface area (TPSA) is 81.0 Å². The fraction of sp³-hybridized carbons (Fsp3) is 0.333. The average Bonchev–Trinajstić information content (AvgIpc) is 2.92. The molecule has 6 nitrogen and oxygen atoms in total. The molecule has 0 aliphatic rings. The monoisotopic (exact) mass is 278 g/mol. The summed E-state index contributed by atoms with van der Waals surface area (Å²) in [5.41, 5.74) is -0.103. The number of nitrogens with one attached hydrogen (secondary N) is 1. The van der Waals surface area contributed by atoms with Gasteiger partial charge in [-0.1, -0.05) is 19.4 Å². The van der Waals surface area contributed by atoms with Crippen molar-refractivity contribution in [3.05, 3.63) is 44.9 Å². The molecule has 2 aromatic rings. The van der Waals surface area contributed by atoms with Gasteiger partial charge in [0.2, 0.25) is 5.95 Å². The molecule has 2 heterocycles. The van der Waals surface area contributed by atoms with Crippen LogP contribution in [-0.4, -0.2) is 14.9 Å². The molecular formula is C12H14N4O2S. The summed E-state index contributed by atoms with van der Waals surface area (Å²) in [7, 11) is 0. The third kappa shape index (κ3) is 3.47. The average molecular weight is 278 g/mol. The summed E-state index contributed by atoms with van der Waals surface area (Å²) < 4.78 is 0. The number of aromatic nitrogens is 2. The van der Waals surface area contributed by atoms with E-state index in [9.17, 15) is 10.1 Å². The van der Waals surface area contributed by atoms with Crippen LogP contribution in [0.1, 0.15) is 30.7 Å². The van der Waals surface area contributed by atoms with Gasteiger partial charge in [0.15, 0.2) is 0 Å². The van der Waals surface area contributed by atoms with Crippen LogP contribution in [0.3, 0.4) is 0 Å². The molecule has 19 heavy (non-hydrogen) atoms. The molecule has 0 spiro atoms. The Morgan fingerprint density at radius 2 is 2.21 bits per heavy atom. The molecule has 100 valence electrons. The SMILES string of the molecule is CCCC(Nc1ncc([N+](=O)[O-])cn1)c1cccs1. The molecule has 0 aromatic carbocycles. The normalized spacial score (nSPS) is 12.1. The van der Waals surface area contributed by atoms with E-state index in [1.165, 1.54) is 17.3 Å². The molecule has 0 fully saturated rings. The summed E-state index contributed by atoms with van der Waals surface area (Å²) >= 11 is 1.67. The smallest absolute Gasteiger partial charge is 0.305 e. The second kappa shape index (κ2) is 6.24.